The summed E-state index contributed by atoms with van der Waals surface area (Å²) in [7, 11) is 0. The largest absolute Gasteiger partial charge is 0.426 e. The summed E-state index contributed by atoms with van der Waals surface area (Å²) >= 11 is 0. The van der Waals surface area contributed by atoms with Gasteiger partial charge in [-0.1, -0.05) is 19.1 Å². The number of hydrogen-bond donors (Lipinski definition) is 0. The van der Waals surface area contributed by atoms with E-state index in [0.29, 0.717) is 22.9 Å². The molecular formula is C29H32N2O5. The van der Waals surface area contributed by atoms with Crippen molar-refractivity contribution in [3.8, 4) is 5.75 Å². The van der Waals surface area contributed by atoms with E-state index in [2.05, 4.69) is 6.92 Å². The van der Waals surface area contributed by atoms with E-state index in [-0.39, 0.29) is 42.5 Å². The summed E-state index contributed by atoms with van der Waals surface area (Å²) < 4.78 is 5.64. The maximum atomic E-state index is 13.1. The van der Waals surface area contributed by atoms with Crippen molar-refractivity contribution in [2.45, 2.75) is 53.4 Å². The lowest BCUT2D eigenvalue weighted by Crippen LogP contribution is -2.31. The van der Waals surface area contributed by atoms with Crippen molar-refractivity contribution in [1.82, 2.24) is 0 Å². The van der Waals surface area contributed by atoms with Crippen LogP contribution in [0, 0.1) is 44.4 Å². The minimum Gasteiger partial charge on any atom is -0.426 e. The van der Waals surface area contributed by atoms with Crippen molar-refractivity contribution in [1.29, 1.82) is 0 Å². The van der Waals surface area contributed by atoms with Crippen LogP contribution in [0.25, 0.3) is 0 Å². The van der Waals surface area contributed by atoms with E-state index in [1.165, 1.54) is 4.90 Å². The summed E-state index contributed by atoms with van der Waals surface area (Å²) in [6.45, 7) is 8.18. The number of carbonyl (C=O) groups excluding carboxylic acids is 4. The first kappa shape index (κ1) is 24.2. The van der Waals surface area contributed by atoms with Crippen LogP contribution in [-0.4, -0.2) is 30.2 Å². The zero-order valence-corrected chi connectivity index (χ0v) is 21.2. The number of nitrogens with zero attached hydrogens (tertiary/aromatic N) is 2. The molecule has 3 aliphatic rings. The Balaban J connectivity index is 1.29. The van der Waals surface area contributed by atoms with Crippen LogP contribution in [0.4, 0.5) is 11.4 Å². The van der Waals surface area contributed by atoms with Gasteiger partial charge in [0.15, 0.2) is 0 Å². The second-order valence-electron chi connectivity index (χ2n) is 10.6. The zero-order chi connectivity index (χ0) is 25.7. The Labute approximate surface area is 211 Å². The molecule has 3 fully saturated rings. The van der Waals surface area contributed by atoms with Crippen LogP contribution in [0.3, 0.4) is 0 Å². The number of anilines is 2. The molecule has 5 rings (SSSR count). The molecule has 2 heterocycles. The molecule has 2 aromatic carbocycles. The molecule has 1 saturated carbocycles. The fourth-order valence-electron chi connectivity index (χ4n) is 5.90. The summed E-state index contributed by atoms with van der Waals surface area (Å²) in [5.41, 5.74) is 4.17. The fourth-order valence-corrected chi connectivity index (χ4v) is 5.90. The third-order valence-electron chi connectivity index (χ3n) is 8.14. The summed E-state index contributed by atoms with van der Waals surface area (Å²) in [5.74, 6) is -1.06. The molecule has 0 spiro atoms. The Morgan fingerprint density at radius 1 is 0.917 bits per heavy atom. The van der Waals surface area contributed by atoms with Gasteiger partial charge in [0.1, 0.15) is 5.75 Å². The standard InChI is InChI=1S/C29H32N2O5/c1-16-8-10-22-23(12-16)28(34)31(27(22)33)24-11-9-21(13-18(24)3)36-29(35)20-14-26(32)30(15-20)25-7-5-6-17(2)19(25)4/h5-7,9,11,13,16,20,22-23H,8,10,12,14-15H2,1-4H3/t16-,20+,22+,23+/m0/s1. The molecule has 0 aromatic heterocycles. The molecule has 0 radical (unpaired) electrons. The highest BCUT2D eigenvalue weighted by Gasteiger charge is 2.50. The fraction of sp³-hybridized carbons (Fsp3) is 0.448. The number of aryl methyl sites for hydroxylation is 2. The zero-order valence-electron chi connectivity index (χ0n) is 21.2. The van der Waals surface area contributed by atoms with Crippen molar-refractivity contribution in [2.75, 3.05) is 16.3 Å². The smallest absolute Gasteiger partial charge is 0.316 e. The summed E-state index contributed by atoms with van der Waals surface area (Å²) in [6.07, 6.45) is 2.56. The lowest BCUT2D eigenvalue weighted by molar-refractivity contribution is -0.139. The molecule has 36 heavy (non-hydrogen) atoms. The van der Waals surface area contributed by atoms with E-state index < -0.39 is 11.9 Å². The average molecular weight is 489 g/mol. The lowest BCUT2D eigenvalue weighted by atomic mass is 9.76. The van der Waals surface area contributed by atoms with E-state index >= 15 is 0 Å². The van der Waals surface area contributed by atoms with Crippen molar-refractivity contribution in [3.05, 3.63) is 53.1 Å². The molecule has 2 saturated heterocycles. The van der Waals surface area contributed by atoms with E-state index in [0.717, 1.165) is 36.1 Å². The van der Waals surface area contributed by atoms with Gasteiger partial charge < -0.3 is 9.64 Å². The molecule has 0 bridgehead atoms. The van der Waals surface area contributed by atoms with Gasteiger partial charge in [0.05, 0.1) is 23.4 Å². The Morgan fingerprint density at radius 3 is 2.42 bits per heavy atom. The highest BCUT2D eigenvalue weighted by molar-refractivity contribution is 6.22. The van der Waals surface area contributed by atoms with Crippen LogP contribution in [0.1, 0.15) is 49.3 Å². The number of hydrogen-bond acceptors (Lipinski definition) is 5. The second-order valence-corrected chi connectivity index (χ2v) is 10.6. The van der Waals surface area contributed by atoms with Gasteiger partial charge in [-0.15, -0.1) is 0 Å². The van der Waals surface area contributed by atoms with Crippen molar-refractivity contribution in [2.24, 2.45) is 23.7 Å². The quantitative estimate of drug-likeness (QED) is 0.360. The Kier molecular flexibility index (Phi) is 6.18. The van der Waals surface area contributed by atoms with Crippen LogP contribution in [-0.2, 0) is 19.2 Å². The minimum atomic E-state index is -0.566. The number of rotatable bonds is 4. The van der Waals surface area contributed by atoms with E-state index in [9.17, 15) is 19.2 Å². The first-order valence-corrected chi connectivity index (χ1v) is 12.7. The summed E-state index contributed by atoms with van der Waals surface area (Å²) in [4.78, 5) is 54.7. The molecule has 2 aliphatic heterocycles. The first-order valence-electron chi connectivity index (χ1n) is 12.7. The summed E-state index contributed by atoms with van der Waals surface area (Å²) in [5, 5.41) is 0. The molecular weight excluding hydrogens is 456 g/mol. The molecule has 188 valence electrons. The minimum absolute atomic E-state index is 0.0981. The molecule has 7 nitrogen and oxygen atoms in total. The SMILES string of the molecule is Cc1cc(OC(=O)[C@@H]2CC(=O)N(c3cccc(C)c3C)C2)ccc1N1C(=O)[C@@H]2CC[C@H](C)C[C@H]2C1=O. The van der Waals surface area contributed by atoms with Gasteiger partial charge in [0.25, 0.3) is 0 Å². The van der Waals surface area contributed by atoms with Crippen LogP contribution in [0.2, 0.25) is 0 Å². The van der Waals surface area contributed by atoms with Gasteiger partial charge in [-0.25, -0.2) is 4.90 Å². The van der Waals surface area contributed by atoms with E-state index in [1.54, 1.807) is 30.0 Å². The number of fused-ring (bicyclic) bond motifs is 1. The molecule has 7 heteroatoms. The van der Waals surface area contributed by atoms with Gasteiger partial charge in [-0.2, -0.15) is 0 Å². The second kappa shape index (κ2) is 9.19. The lowest BCUT2D eigenvalue weighted by Gasteiger charge is -2.25. The Morgan fingerprint density at radius 2 is 1.67 bits per heavy atom. The topological polar surface area (TPSA) is 84.0 Å². The van der Waals surface area contributed by atoms with Gasteiger partial charge >= 0.3 is 5.97 Å². The highest BCUT2D eigenvalue weighted by atomic mass is 16.5. The van der Waals surface area contributed by atoms with Gasteiger partial charge in [-0.05, 0) is 86.9 Å². The van der Waals surface area contributed by atoms with Gasteiger partial charge in [-0.3, -0.25) is 19.2 Å². The molecule has 4 atom stereocenters. The third-order valence-corrected chi connectivity index (χ3v) is 8.14. The van der Waals surface area contributed by atoms with Gasteiger partial charge in [0.2, 0.25) is 17.7 Å². The van der Waals surface area contributed by atoms with Crippen molar-refractivity contribution < 1.29 is 23.9 Å². The average Bonchev–Trinajstić information content (AvgIpc) is 3.33. The number of carbonyl (C=O) groups is 4. The van der Waals surface area contributed by atoms with Gasteiger partial charge in [0, 0.05) is 18.7 Å². The van der Waals surface area contributed by atoms with Crippen LogP contribution < -0.4 is 14.5 Å². The molecule has 1 aliphatic carbocycles. The monoisotopic (exact) mass is 488 g/mol. The molecule has 3 amide bonds. The number of esters is 1. The van der Waals surface area contributed by atoms with Crippen LogP contribution in [0.15, 0.2) is 36.4 Å². The Bertz CT molecular complexity index is 1270. The summed E-state index contributed by atoms with van der Waals surface area (Å²) in [6, 6.07) is 10.8. The molecule has 2 aromatic rings. The number of benzene rings is 2. The highest BCUT2D eigenvalue weighted by Crippen LogP contribution is 2.43. The maximum Gasteiger partial charge on any atom is 0.316 e. The number of ether oxygens (including phenoxy) is 1. The predicted molar refractivity (Wildman–Crippen MR) is 136 cm³/mol. The number of amides is 3. The number of imide groups is 1. The van der Waals surface area contributed by atoms with E-state index in [4.69, 9.17) is 4.74 Å². The van der Waals surface area contributed by atoms with Crippen LogP contribution >= 0.6 is 0 Å². The third kappa shape index (κ3) is 4.10. The van der Waals surface area contributed by atoms with E-state index in [1.807, 2.05) is 32.0 Å². The van der Waals surface area contributed by atoms with Crippen molar-refractivity contribution in [3.63, 3.8) is 0 Å². The molecule has 0 unspecified atom stereocenters. The first-order chi connectivity index (χ1) is 17.2. The Hall–Kier alpha value is -3.48. The predicted octanol–water partition coefficient (Wildman–Crippen LogP) is 4.50. The van der Waals surface area contributed by atoms with Crippen LogP contribution in [0.5, 0.6) is 5.75 Å². The molecule has 0 N–H and O–H groups in total. The normalized spacial score (nSPS) is 25.9. The van der Waals surface area contributed by atoms with Crippen molar-refractivity contribution >= 4 is 35.1 Å². The maximum absolute atomic E-state index is 13.1.